The summed E-state index contributed by atoms with van der Waals surface area (Å²) in [6, 6.07) is 11.5. The molecule has 0 saturated heterocycles. The molecule has 1 atom stereocenters. The number of aryl methyl sites for hydroxylation is 2. The number of sulfonamides is 1. The molecule has 1 amide bonds. The SMILES string of the molecule is C[C@H](Nc1ccc2c(c1)CCC2)C(=O)Nc1ccc(S(N)(=O)=O)cc1. The Morgan fingerprint density at radius 1 is 1.04 bits per heavy atom. The van der Waals surface area contributed by atoms with Crippen molar-refractivity contribution in [2.45, 2.75) is 37.1 Å². The molecule has 0 fully saturated rings. The van der Waals surface area contributed by atoms with Gasteiger partial charge in [0.1, 0.15) is 6.04 Å². The van der Waals surface area contributed by atoms with Gasteiger partial charge in [-0.2, -0.15) is 0 Å². The zero-order valence-corrected chi connectivity index (χ0v) is 14.8. The number of primary sulfonamides is 1. The number of nitrogens with one attached hydrogen (secondary N) is 2. The van der Waals surface area contributed by atoms with Gasteiger partial charge in [-0.25, -0.2) is 13.6 Å². The van der Waals surface area contributed by atoms with Gasteiger partial charge < -0.3 is 10.6 Å². The molecule has 2 aromatic rings. The quantitative estimate of drug-likeness (QED) is 0.762. The number of hydrogen-bond acceptors (Lipinski definition) is 4. The van der Waals surface area contributed by atoms with Gasteiger partial charge in [0.2, 0.25) is 15.9 Å². The molecule has 0 spiro atoms. The van der Waals surface area contributed by atoms with Gasteiger partial charge >= 0.3 is 0 Å². The van der Waals surface area contributed by atoms with Crippen LogP contribution in [0.2, 0.25) is 0 Å². The molecular weight excluding hydrogens is 338 g/mol. The van der Waals surface area contributed by atoms with Crippen LogP contribution >= 0.6 is 0 Å². The Morgan fingerprint density at radius 3 is 2.36 bits per heavy atom. The molecule has 0 aliphatic heterocycles. The van der Waals surface area contributed by atoms with E-state index in [1.807, 2.05) is 6.07 Å². The van der Waals surface area contributed by atoms with E-state index < -0.39 is 16.1 Å². The molecule has 0 heterocycles. The minimum atomic E-state index is -3.74. The molecule has 7 heteroatoms. The van der Waals surface area contributed by atoms with Crippen LogP contribution in [0.25, 0.3) is 0 Å². The lowest BCUT2D eigenvalue weighted by atomic mass is 10.1. The summed E-state index contributed by atoms with van der Waals surface area (Å²) in [4.78, 5) is 12.3. The Morgan fingerprint density at radius 2 is 1.68 bits per heavy atom. The highest BCUT2D eigenvalue weighted by atomic mass is 32.2. The Labute approximate surface area is 147 Å². The average molecular weight is 359 g/mol. The zero-order valence-electron chi connectivity index (χ0n) is 14.0. The highest BCUT2D eigenvalue weighted by Crippen LogP contribution is 2.25. The second-order valence-electron chi connectivity index (χ2n) is 6.26. The highest BCUT2D eigenvalue weighted by Gasteiger charge is 2.16. The first-order chi connectivity index (χ1) is 11.8. The van der Waals surface area contributed by atoms with E-state index in [4.69, 9.17) is 5.14 Å². The molecule has 0 bridgehead atoms. The van der Waals surface area contributed by atoms with Gasteiger partial charge in [0.25, 0.3) is 0 Å². The van der Waals surface area contributed by atoms with E-state index in [1.165, 1.54) is 41.8 Å². The lowest BCUT2D eigenvalue weighted by Gasteiger charge is -2.16. The monoisotopic (exact) mass is 359 g/mol. The van der Waals surface area contributed by atoms with Gasteiger partial charge in [-0.3, -0.25) is 4.79 Å². The average Bonchev–Trinajstić information content (AvgIpc) is 3.02. The number of carbonyl (C=O) groups excluding carboxylic acids is 1. The molecule has 0 aromatic heterocycles. The molecule has 0 unspecified atom stereocenters. The molecule has 0 saturated carbocycles. The molecule has 2 aromatic carbocycles. The summed E-state index contributed by atoms with van der Waals surface area (Å²) < 4.78 is 22.5. The number of anilines is 2. The van der Waals surface area contributed by atoms with Crippen molar-refractivity contribution in [1.82, 2.24) is 0 Å². The second-order valence-corrected chi connectivity index (χ2v) is 7.82. The lowest BCUT2D eigenvalue weighted by Crippen LogP contribution is -2.31. The summed E-state index contributed by atoms with van der Waals surface area (Å²) in [5, 5.41) is 11.0. The van der Waals surface area contributed by atoms with Crippen LogP contribution in [0, 0.1) is 0 Å². The zero-order chi connectivity index (χ0) is 18.0. The van der Waals surface area contributed by atoms with Crippen LogP contribution in [-0.4, -0.2) is 20.4 Å². The number of nitrogens with two attached hydrogens (primary N) is 1. The van der Waals surface area contributed by atoms with Crippen molar-refractivity contribution in [1.29, 1.82) is 0 Å². The van der Waals surface area contributed by atoms with Gasteiger partial charge in [-0.05, 0) is 73.7 Å². The summed E-state index contributed by atoms with van der Waals surface area (Å²) in [5.74, 6) is -0.205. The van der Waals surface area contributed by atoms with Crippen molar-refractivity contribution in [3.05, 3.63) is 53.6 Å². The molecule has 0 radical (unpaired) electrons. The van der Waals surface area contributed by atoms with Gasteiger partial charge in [-0.1, -0.05) is 6.07 Å². The van der Waals surface area contributed by atoms with E-state index in [1.54, 1.807) is 6.92 Å². The molecule has 25 heavy (non-hydrogen) atoms. The predicted molar refractivity (Wildman–Crippen MR) is 98.0 cm³/mol. The first kappa shape index (κ1) is 17.4. The molecule has 132 valence electrons. The Balaban J connectivity index is 1.62. The number of fused-ring (bicyclic) bond motifs is 1. The van der Waals surface area contributed by atoms with E-state index in [0.717, 1.165) is 18.5 Å². The topological polar surface area (TPSA) is 101 Å². The van der Waals surface area contributed by atoms with E-state index in [0.29, 0.717) is 5.69 Å². The Kier molecular flexibility index (Phi) is 4.78. The van der Waals surface area contributed by atoms with Crippen LogP contribution < -0.4 is 15.8 Å². The fourth-order valence-corrected chi connectivity index (χ4v) is 3.47. The number of carbonyl (C=O) groups is 1. The maximum absolute atomic E-state index is 12.3. The third-order valence-corrected chi connectivity index (χ3v) is 5.25. The normalized spacial score (nSPS) is 14.6. The smallest absolute Gasteiger partial charge is 0.246 e. The first-order valence-electron chi connectivity index (χ1n) is 8.15. The first-order valence-corrected chi connectivity index (χ1v) is 9.69. The van der Waals surface area contributed by atoms with Crippen molar-refractivity contribution in [2.75, 3.05) is 10.6 Å². The standard InChI is InChI=1S/C18H21N3O3S/c1-12(20-16-6-5-13-3-2-4-14(13)11-16)18(22)21-15-7-9-17(10-8-15)25(19,23)24/h5-12,20H,2-4H2,1H3,(H,21,22)(H2,19,23,24)/t12-/m0/s1. The number of rotatable bonds is 5. The Hall–Kier alpha value is -2.38. The van der Waals surface area contributed by atoms with Crippen LogP contribution in [0.1, 0.15) is 24.5 Å². The number of amides is 1. The maximum atomic E-state index is 12.3. The molecule has 1 aliphatic carbocycles. The number of benzene rings is 2. The minimum absolute atomic E-state index is 0.00909. The van der Waals surface area contributed by atoms with Crippen LogP contribution in [0.4, 0.5) is 11.4 Å². The highest BCUT2D eigenvalue weighted by molar-refractivity contribution is 7.89. The lowest BCUT2D eigenvalue weighted by molar-refractivity contribution is -0.116. The fraction of sp³-hybridized carbons (Fsp3) is 0.278. The van der Waals surface area contributed by atoms with E-state index in [9.17, 15) is 13.2 Å². The maximum Gasteiger partial charge on any atom is 0.246 e. The summed E-state index contributed by atoms with van der Waals surface area (Å²) in [5.41, 5.74) is 4.17. The van der Waals surface area contributed by atoms with Crippen LogP contribution in [-0.2, 0) is 27.7 Å². The van der Waals surface area contributed by atoms with E-state index in [2.05, 4.69) is 22.8 Å². The van der Waals surface area contributed by atoms with Gasteiger partial charge in [0, 0.05) is 11.4 Å². The largest absolute Gasteiger partial charge is 0.374 e. The Bertz CT molecular complexity index is 892. The van der Waals surface area contributed by atoms with Crippen molar-refractivity contribution in [3.8, 4) is 0 Å². The van der Waals surface area contributed by atoms with E-state index >= 15 is 0 Å². The summed E-state index contributed by atoms with van der Waals surface area (Å²) in [7, 11) is -3.74. The predicted octanol–water partition coefficient (Wildman–Crippen LogP) is 2.26. The molecule has 1 aliphatic rings. The van der Waals surface area contributed by atoms with Crippen molar-refractivity contribution in [3.63, 3.8) is 0 Å². The van der Waals surface area contributed by atoms with E-state index in [-0.39, 0.29) is 10.8 Å². The van der Waals surface area contributed by atoms with Crippen LogP contribution in [0.3, 0.4) is 0 Å². The van der Waals surface area contributed by atoms with Crippen LogP contribution in [0.15, 0.2) is 47.4 Å². The summed E-state index contributed by atoms with van der Waals surface area (Å²) in [6.45, 7) is 1.78. The summed E-state index contributed by atoms with van der Waals surface area (Å²) >= 11 is 0. The van der Waals surface area contributed by atoms with Crippen molar-refractivity contribution >= 4 is 27.3 Å². The summed E-state index contributed by atoms with van der Waals surface area (Å²) in [6.07, 6.45) is 3.39. The number of hydrogen-bond donors (Lipinski definition) is 3. The van der Waals surface area contributed by atoms with Gasteiger partial charge in [0.05, 0.1) is 4.90 Å². The molecule has 6 nitrogen and oxygen atoms in total. The molecule has 3 rings (SSSR count). The van der Waals surface area contributed by atoms with Gasteiger partial charge in [-0.15, -0.1) is 0 Å². The van der Waals surface area contributed by atoms with Crippen LogP contribution in [0.5, 0.6) is 0 Å². The third kappa shape index (κ3) is 4.18. The fourth-order valence-electron chi connectivity index (χ4n) is 2.96. The molecule has 4 N–H and O–H groups in total. The van der Waals surface area contributed by atoms with Crippen molar-refractivity contribution < 1.29 is 13.2 Å². The second kappa shape index (κ2) is 6.85. The molecular formula is C18H21N3O3S. The minimum Gasteiger partial charge on any atom is -0.374 e. The third-order valence-electron chi connectivity index (χ3n) is 4.33. The van der Waals surface area contributed by atoms with Crippen molar-refractivity contribution in [2.24, 2.45) is 5.14 Å². The van der Waals surface area contributed by atoms with Gasteiger partial charge in [0.15, 0.2) is 0 Å².